The Labute approximate surface area is 255 Å². The summed E-state index contributed by atoms with van der Waals surface area (Å²) in [6, 6.07) is 19.5. The van der Waals surface area contributed by atoms with Crippen LogP contribution in [0.5, 0.6) is 11.5 Å². The molecule has 6 rings (SSSR count). The summed E-state index contributed by atoms with van der Waals surface area (Å²) < 4.78 is 11.8. The van der Waals surface area contributed by atoms with Gasteiger partial charge in [0.25, 0.3) is 0 Å². The Morgan fingerprint density at radius 2 is 1.19 bits per heavy atom. The lowest BCUT2D eigenvalue weighted by Crippen LogP contribution is -2.31. The maximum absolute atomic E-state index is 13.3. The number of hydrogen-bond donors (Lipinski definition) is 0. The standard InChI is InChI=1S/C35H29Cl2NO4/c1-18-7-9-28-24(11-18)35(3,4)25-12-19(2)8-10-29(25)38(28)30-17-31(41-5)20(14-32(30)42-6)13-23-33(39)21-15-26(36)27(37)16-22(21)34(23)40/h7-17H,1-6H3. The van der Waals surface area contributed by atoms with Crippen LogP contribution in [-0.4, -0.2) is 25.8 Å². The number of fused-ring (bicyclic) bond motifs is 3. The fourth-order valence-electron chi connectivity index (χ4n) is 6.02. The van der Waals surface area contributed by atoms with Gasteiger partial charge in [-0.05, 0) is 61.4 Å². The van der Waals surface area contributed by atoms with Gasteiger partial charge in [-0.15, -0.1) is 0 Å². The Bertz CT molecular complexity index is 1770. The molecule has 1 heterocycles. The van der Waals surface area contributed by atoms with Gasteiger partial charge in [0.05, 0.1) is 46.9 Å². The molecule has 4 aromatic rings. The molecule has 0 spiro atoms. The number of nitrogens with zero attached hydrogens (tertiary/aromatic N) is 1. The minimum Gasteiger partial charge on any atom is -0.496 e. The van der Waals surface area contributed by atoms with E-state index in [0.717, 1.165) is 17.1 Å². The molecule has 1 aliphatic heterocycles. The van der Waals surface area contributed by atoms with Crippen LogP contribution in [0.3, 0.4) is 0 Å². The number of aryl methyl sites for hydroxylation is 2. The van der Waals surface area contributed by atoms with E-state index < -0.39 is 11.6 Å². The average Bonchev–Trinajstić information content (AvgIpc) is 3.18. The summed E-state index contributed by atoms with van der Waals surface area (Å²) in [5.74, 6) is 0.219. The van der Waals surface area contributed by atoms with Gasteiger partial charge in [-0.25, -0.2) is 0 Å². The number of anilines is 3. The van der Waals surface area contributed by atoms with Crippen LogP contribution in [-0.2, 0) is 5.41 Å². The molecule has 212 valence electrons. The highest BCUT2D eigenvalue weighted by Crippen LogP contribution is 2.54. The molecular formula is C35H29Cl2NO4. The van der Waals surface area contributed by atoms with Gasteiger partial charge in [0.1, 0.15) is 11.5 Å². The number of carbonyl (C=O) groups is 2. The lowest BCUT2D eigenvalue weighted by Gasteiger charge is -2.42. The third-order valence-electron chi connectivity index (χ3n) is 8.24. The molecule has 5 nitrogen and oxygen atoms in total. The van der Waals surface area contributed by atoms with Gasteiger partial charge in [-0.3, -0.25) is 9.59 Å². The second-order valence-corrected chi connectivity index (χ2v) is 12.1. The summed E-state index contributed by atoms with van der Waals surface area (Å²) in [6.07, 6.45) is 1.55. The van der Waals surface area contributed by atoms with Crippen LogP contribution in [0.2, 0.25) is 10.0 Å². The van der Waals surface area contributed by atoms with Gasteiger partial charge >= 0.3 is 0 Å². The lowest BCUT2D eigenvalue weighted by molar-refractivity contribution is 0.0990. The maximum Gasteiger partial charge on any atom is 0.197 e. The van der Waals surface area contributed by atoms with Crippen LogP contribution < -0.4 is 14.4 Å². The summed E-state index contributed by atoms with van der Waals surface area (Å²) >= 11 is 12.3. The number of allylic oxidation sites excluding steroid dienone is 1. The molecule has 1 aliphatic carbocycles. The van der Waals surface area contributed by atoms with Crippen molar-refractivity contribution in [3.05, 3.63) is 115 Å². The third-order valence-corrected chi connectivity index (χ3v) is 8.97. The number of ether oxygens (including phenoxy) is 2. The van der Waals surface area contributed by atoms with Crippen LogP contribution in [0.1, 0.15) is 62.4 Å². The summed E-state index contributed by atoms with van der Waals surface area (Å²) in [4.78, 5) is 28.7. The number of methoxy groups -OCH3 is 2. The lowest BCUT2D eigenvalue weighted by atomic mass is 9.72. The third kappa shape index (κ3) is 4.22. The first-order valence-electron chi connectivity index (χ1n) is 13.5. The molecule has 0 bridgehead atoms. The highest BCUT2D eigenvalue weighted by atomic mass is 35.5. The van der Waals surface area contributed by atoms with Crippen LogP contribution >= 0.6 is 23.2 Å². The SMILES string of the molecule is COc1cc(N2c3ccc(C)cc3C(C)(C)c3cc(C)ccc32)c(OC)cc1C=C1C(=O)c2cc(Cl)c(Cl)cc2C1=O. The van der Waals surface area contributed by atoms with Crippen molar-refractivity contribution in [3.8, 4) is 11.5 Å². The van der Waals surface area contributed by atoms with Gasteiger partial charge in [-0.2, -0.15) is 0 Å². The minimum atomic E-state index is -0.412. The number of benzene rings is 4. The van der Waals surface area contributed by atoms with Crippen molar-refractivity contribution in [2.75, 3.05) is 19.1 Å². The summed E-state index contributed by atoms with van der Waals surface area (Å²) in [7, 11) is 3.17. The zero-order chi connectivity index (χ0) is 30.1. The van der Waals surface area contributed by atoms with Gasteiger partial charge in [0, 0.05) is 28.2 Å². The van der Waals surface area contributed by atoms with Crippen molar-refractivity contribution in [1.82, 2.24) is 0 Å². The number of ketones is 2. The summed E-state index contributed by atoms with van der Waals surface area (Å²) in [5.41, 5.74) is 8.39. The van der Waals surface area contributed by atoms with Crippen LogP contribution in [0.4, 0.5) is 17.1 Å². The minimum absolute atomic E-state index is 0.0119. The van der Waals surface area contributed by atoms with Crippen molar-refractivity contribution >= 4 is 57.9 Å². The molecule has 4 aromatic carbocycles. The van der Waals surface area contributed by atoms with Crippen LogP contribution in [0.15, 0.2) is 66.2 Å². The highest BCUT2D eigenvalue weighted by Gasteiger charge is 2.39. The van der Waals surface area contributed by atoms with Gasteiger partial charge in [-0.1, -0.05) is 72.4 Å². The van der Waals surface area contributed by atoms with E-state index >= 15 is 0 Å². The molecule has 0 atom stereocenters. The Morgan fingerprint density at radius 3 is 1.67 bits per heavy atom. The second kappa shape index (κ2) is 10.0. The van der Waals surface area contributed by atoms with Gasteiger partial charge in [0.2, 0.25) is 0 Å². The topological polar surface area (TPSA) is 55.8 Å². The molecule has 0 unspecified atom stereocenters. The molecule has 0 aromatic heterocycles. The fourth-order valence-corrected chi connectivity index (χ4v) is 6.35. The van der Waals surface area contributed by atoms with E-state index in [2.05, 4.69) is 69.0 Å². The first-order valence-corrected chi connectivity index (χ1v) is 14.3. The number of rotatable bonds is 4. The molecule has 0 radical (unpaired) electrons. The largest absolute Gasteiger partial charge is 0.496 e. The number of carbonyl (C=O) groups excluding carboxylic acids is 2. The van der Waals surface area contributed by atoms with Crippen molar-refractivity contribution in [3.63, 3.8) is 0 Å². The second-order valence-electron chi connectivity index (χ2n) is 11.3. The quantitative estimate of drug-likeness (QED) is 0.173. The molecule has 0 fully saturated rings. The molecule has 2 aliphatic rings. The van der Waals surface area contributed by atoms with Crippen molar-refractivity contribution in [2.24, 2.45) is 0 Å². The predicted octanol–water partition coefficient (Wildman–Crippen LogP) is 9.20. The van der Waals surface area contributed by atoms with E-state index in [1.165, 1.54) is 34.4 Å². The number of Topliss-reactive ketones (excluding diaryl/α,β-unsaturated/α-hetero) is 2. The zero-order valence-corrected chi connectivity index (χ0v) is 25.7. The van der Waals surface area contributed by atoms with E-state index in [-0.39, 0.29) is 32.2 Å². The van der Waals surface area contributed by atoms with Crippen molar-refractivity contribution < 1.29 is 19.1 Å². The Kier molecular flexibility index (Phi) is 6.71. The maximum atomic E-state index is 13.3. The molecule has 0 saturated carbocycles. The van der Waals surface area contributed by atoms with E-state index in [0.29, 0.717) is 17.1 Å². The van der Waals surface area contributed by atoms with Gasteiger partial charge < -0.3 is 14.4 Å². The van der Waals surface area contributed by atoms with Crippen LogP contribution in [0.25, 0.3) is 6.08 Å². The van der Waals surface area contributed by atoms with E-state index in [4.69, 9.17) is 32.7 Å². The summed E-state index contributed by atoms with van der Waals surface area (Å²) in [6.45, 7) is 8.71. The smallest absolute Gasteiger partial charge is 0.197 e. The summed E-state index contributed by atoms with van der Waals surface area (Å²) in [5, 5.41) is 0.439. The van der Waals surface area contributed by atoms with E-state index in [9.17, 15) is 9.59 Å². The Hall–Kier alpha value is -4.06. The van der Waals surface area contributed by atoms with E-state index in [1.807, 2.05) is 6.07 Å². The van der Waals surface area contributed by atoms with Crippen LogP contribution in [0, 0.1) is 13.8 Å². The predicted molar refractivity (Wildman–Crippen MR) is 169 cm³/mol. The van der Waals surface area contributed by atoms with Crippen molar-refractivity contribution in [2.45, 2.75) is 33.1 Å². The first kappa shape index (κ1) is 28.1. The first-order chi connectivity index (χ1) is 20.0. The molecule has 7 heteroatoms. The number of halogens is 2. The molecule has 42 heavy (non-hydrogen) atoms. The Balaban J connectivity index is 1.55. The van der Waals surface area contributed by atoms with Crippen molar-refractivity contribution in [1.29, 1.82) is 0 Å². The average molecular weight is 599 g/mol. The highest BCUT2D eigenvalue weighted by molar-refractivity contribution is 6.46. The monoisotopic (exact) mass is 597 g/mol. The normalized spacial score (nSPS) is 14.9. The molecule has 0 amide bonds. The molecular weight excluding hydrogens is 569 g/mol. The zero-order valence-electron chi connectivity index (χ0n) is 24.2. The molecule has 0 N–H and O–H groups in total. The fraction of sp³-hybridized carbons (Fsp3) is 0.200. The Morgan fingerprint density at radius 1 is 0.690 bits per heavy atom. The van der Waals surface area contributed by atoms with Gasteiger partial charge in [0.15, 0.2) is 11.6 Å². The molecule has 0 saturated heterocycles. The van der Waals surface area contributed by atoms with E-state index in [1.54, 1.807) is 26.4 Å². The number of hydrogen-bond acceptors (Lipinski definition) is 5.